The smallest absolute Gasteiger partial charge is 0.123 e. The summed E-state index contributed by atoms with van der Waals surface area (Å²) in [6.07, 6.45) is 4.98. The highest BCUT2D eigenvalue weighted by atomic mass is 16.5. The molecule has 0 aliphatic carbocycles. The Hall–Kier alpha value is -1.85. The standard InChI is InChI=1S/C17H24N4O/c1-22-17-4-3-14(11-20-8-5-15(10-18)12-20)9-16(17)13-21-7-2-6-19-21/h2-4,6-7,9,15H,5,8,10-13,18H2,1H3/t15-/m1/s1. The van der Waals surface area contributed by atoms with Gasteiger partial charge in [0.15, 0.2) is 0 Å². The second kappa shape index (κ2) is 6.94. The van der Waals surface area contributed by atoms with Gasteiger partial charge in [-0.2, -0.15) is 5.10 Å². The summed E-state index contributed by atoms with van der Waals surface area (Å²) in [5, 5.41) is 4.28. The first-order chi connectivity index (χ1) is 10.8. The number of methoxy groups -OCH3 is 1. The van der Waals surface area contributed by atoms with Crippen molar-refractivity contribution in [2.24, 2.45) is 11.7 Å². The molecule has 5 heteroatoms. The van der Waals surface area contributed by atoms with Gasteiger partial charge >= 0.3 is 0 Å². The molecule has 0 radical (unpaired) electrons. The summed E-state index contributed by atoms with van der Waals surface area (Å²) < 4.78 is 7.40. The SMILES string of the molecule is COc1ccc(CN2CC[C@H](CN)C2)cc1Cn1cccn1. The summed E-state index contributed by atoms with van der Waals surface area (Å²) in [4.78, 5) is 2.48. The maximum Gasteiger partial charge on any atom is 0.123 e. The number of hydrogen-bond acceptors (Lipinski definition) is 4. The molecule has 2 heterocycles. The van der Waals surface area contributed by atoms with Gasteiger partial charge in [0.2, 0.25) is 0 Å². The third-order valence-electron chi connectivity index (χ3n) is 4.35. The molecule has 5 nitrogen and oxygen atoms in total. The van der Waals surface area contributed by atoms with Crippen LogP contribution in [0.4, 0.5) is 0 Å². The molecule has 1 saturated heterocycles. The minimum atomic E-state index is 0.654. The van der Waals surface area contributed by atoms with Crippen molar-refractivity contribution in [1.82, 2.24) is 14.7 Å². The number of hydrogen-bond donors (Lipinski definition) is 1. The van der Waals surface area contributed by atoms with Crippen LogP contribution in [0.2, 0.25) is 0 Å². The lowest BCUT2D eigenvalue weighted by atomic mass is 10.1. The fraction of sp³-hybridized carbons (Fsp3) is 0.471. The van der Waals surface area contributed by atoms with E-state index in [-0.39, 0.29) is 0 Å². The lowest BCUT2D eigenvalue weighted by Crippen LogP contribution is -2.22. The second-order valence-corrected chi connectivity index (χ2v) is 5.98. The topological polar surface area (TPSA) is 56.3 Å². The molecule has 118 valence electrons. The summed E-state index contributed by atoms with van der Waals surface area (Å²) in [5.74, 6) is 1.57. The van der Waals surface area contributed by atoms with Crippen LogP contribution in [0, 0.1) is 5.92 Å². The van der Waals surface area contributed by atoms with Crippen molar-refractivity contribution < 1.29 is 4.74 Å². The van der Waals surface area contributed by atoms with Crippen molar-refractivity contribution in [3.05, 3.63) is 47.8 Å². The molecule has 1 fully saturated rings. The van der Waals surface area contributed by atoms with Crippen molar-refractivity contribution in [2.75, 3.05) is 26.7 Å². The zero-order chi connectivity index (χ0) is 15.4. The number of nitrogens with zero attached hydrogens (tertiary/aromatic N) is 3. The number of rotatable bonds is 6. The van der Waals surface area contributed by atoms with Crippen LogP contribution >= 0.6 is 0 Å². The van der Waals surface area contributed by atoms with Crippen molar-refractivity contribution in [2.45, 2.75) is 19.5 Å². The van der Waals surface area contributed by atoms with Gasteiger partial charge in [-0.3, -0.25) is 9.58 Å². The molecule has 1 aromatic heterocycles. The maximum absolute atomic E-state index is 5.77. The van der Waals surface area contributed by atoms with Crippen LogP contribution < -0.4 is 10.5 Å². The fourth-order valence-electron chi connectivity index (χ4n) is 3.13. The fourth-order valence-corrected chi connectivity index (χ4v) is 3.13. The average molecular weight is 300 g/mol. The number of nitrogens with two attached hydrogens (primary N) is 1. The number of benzene rings is 1. The van der Waals surface area contributed by atoms with Crippen LogP contribution in [-0.4, -0.2) is 41.4 Å². The van der Waals surface area contributed by atoms with Crippen LogP contribution in [0.25, 0.3) is 0 Å². The van der Waals surface area contributed by atoms with Crippen LogP contribution in [0.3, 0.4) is 0 Å². The van der Waals surface area contributed by atoms with Gasteiger partial charge in [-0.25, -0.2) is 0 Å². The minimum absolute atomic E-state index is 0.654. The molecule has 0 amide bonds. The molecule has 0 bridgehead atoms. The Labute approximate surface area is 131 Å². The Morgan fingerprint density at radius 1 is 1.36 bits per heavy atom. The molecule has 0 saturated carbocycles. The third kappa shape index (κ3) is 3.48. The highest BCUT2D eigenvalue weighted by Gasteiger charge is 2.21. The third-order valence-corrected chi connectivity index (χ3v) is 4.35. The van der Waals surface area contributed by atoms with Crippen molar-refractivity contribution in [3.63, 3.8) is 0 Å². The molecular formula is C17H24N4O. The van der Waals surface area contributed by atoms with Crippen molar-refractivity contribution in [1.29, 1.82) is 0 Å². The Morgan fingerprint density at radius 3 is 2.95 bits per heavy atom. The highest BCUT2D eigenvalue weighted by molar-refractivity contribution is 5.37. The summed E-state index contributed by atoms with van der Waals surface area (Å²) in [6.45, 7) is 4.76. The number of likely N-dealkylation sites (tertiary alicyclic amines) is 1. The Kier molecular flexibility index (Phi) is 4.75. The molecule has 2 N–H and O–H groups in total. The zero-order valence-corrected chi connectivity index (χ0v) is 13.1. The molecule has 1 aliphatic heterocycles. The van der Waals surface area contributed by atoms with E-state index in [4.69, 9.17) is 10.5 Å². The molecule has 1 aromatic carbocycles. The van der Waals surface area contributed by atoms with Crippen LogP contribution in [0.5, 0.6) is 5.75 Å². The maximum atomic E-state index is 5.77. The van der Waals surface area contributed by atoms with Gasteiger partial charge in [0.25, 0.3) is 0 Å². The quantitative estimate of drug-likeness (QED) is 0.882. The van der Waals surface area contributed by atoms with Gasteiger partial charge < -0.3 is 10.5 Å². The van der Waals surface area contributed by atoms with E-state index >= 15 is 0 Å². The first kappa shape index (κ1) is 15.1. The second-order valence-electron chi connectivity index (χ2n) is 5.98. The minimum Gasteiger partial charge on any atom is -0.496 e. The molecule has 0 spiro atoms. The highest BCUT2D eigenvalue weighted by Crippen LogP contribution is 2.23. The van der Waals surface area contributed by atoms with Gasteiger partial charge in [-0.1, -0.05) is 6.07 Å². The summed E-state index contributed by atoms with van der Waals surface area (Å²) in [6, 6.07) is 8.38. The monoisotopic (exact) mass is 300 g/mol. The molecular weight excluding hydrogens is 276 g/mol. The molecule has 0 unspecified atom stereocenters. The van der Waals surface area contributed by atoms with Gasteiger partial charge in [0.1, 0.15) is 5.75 Å². The van der Waals surface area contributed by atoms with Gasteiger partial charge in [0, 0.05) is 31.0 Å². The van der Waals surface area contributed by atoms with E-state index in [1.807, 2.05) is 16.9 Å². The largest absolute Gasteiger partial charge is 0.496 e. The lowest BCUT2D eigenvalue weighted by Gasteiger charge is -2.17. The average Bonchev–Trinajstić information content (AvgIpc) is 3.19. The van der Waals surface area contributed by atoms with Crippen LogP contribution in [0.15, 0.2) is 36.7 Å². The first-order valence-corrected chi connectivity index (χ1v) is 7.84. The Balaban J connectivity index is 1.72. The Morgan fingerprint density at radius 2 is 2.27 bits per heavy atom. The van der Waals surface area contributed by atoms with E-state index in [0.717, 1.165) is 38.5 Å². The van der Waals surface area contributed by atoms with Gasteiger partial charge in [-0.05, 0) is 49.2 Å². The predicted molar refractivity (Wildman–Crippen MR) is 86.8 cm³/mol. The van der Waals surface area contributed by atoms with Crippen LogP contribution in [-0.2, 0) is 13.1 Å². The number of aromatic nitrogens is 2. The predicted octanol–water partition coefficient (Wildman–Crippen LogP) is 1.72. The van der Waals surface area contributed by atoms with E-state index < -0.39 is 0 Å². The molecule has 22 heavy (non-hydrogen) atoms. The lowest BCUT2D eigenvalue weighted by molar-refractivity contribution is 0.317. The summed E-state index contributed by atoms with van der Waals surface area (Å²) in [7, 11) is 1.72. The summed E-state index contributed by atoms with van der Waals surface area (Å²) in [5.41, 5.74) is 8.26. The van der Waals surface area contributed by atoms with E-state index in [2.05, 4.69) is 28.2 Å². The van der Waals surface area contributed by atoms with Gasteiger partial charge in [-0.15, -0.1) is 0 Å². The van der Waals surface area contributed by atoms with E-state index in [9.17, 15) is 0 Å². The van der Waals surface area contributed by atoms with Crippen LogP contribution in [0.1, 0.15) is 17.5 Å². The van der Waals surface area contributed by atoms with E-state index in [0.29, 0.717) is 5.92 Å². The van der Waals surface area contributed by atoms with Crippen molar-refractivity contribution >= 4 is 0 Å². The van der Waals surface area contributed by atoms with Crippen molar-refractivity contribution in [3.8, 4) is 5.75 Å². The Bertz CT molecular complexity index is 597. The number of ether oxygens (including phenoxy) is 1. The normalized spacial score (nSPS) is 18.7. The molecule has 1 aliphatic rings. The molecule has 2 aromatic rings. The van der Waals surface area contributed by atoms with E-state index in [1.165, 1.54) is 17.5 Å². The molecule has 3 rings (SSSR count). The van der Waals surface area contributed by atoms with Gasteiger partial charge in [0.05, 0.1) is 13.7 Å². The zero-order valence-electron chi connectivity index (χ0n) is 13.1. The first-order valence-electron chi connectivity index (χ1n) is 7.84. The molecule has 1 atom stereocenters. The van der Waals surface area contributed by atoms with E-state index in [1.54, 1.807) is 13.3 Å². The summed E-state index contributed by atoms with van der Waals surface area (Å²) >= 11 is 0.